The predicted octanol–water partition coefficient (Wildman–Crippen LogP) is 3.58. The van der Waals surface area contributed by atoms with Crippen LogP contribution >= 0.6 is 23.2 Å². The zero-order valence-corrected chi connectivity index (χ0v) is 18.1. The second-order valence-electron chi connectivity index (χ2n) is 6.10. The molecule has 1 aromatic rings. The van der Waals surface area contributed by atoms with E-state index >= 15 is 0 Å². The number of esters is 2. The van der Waals surface area contributed by atoms with Crippen molar-refractivity contribution in [3.8, 4) is 0 Å². The third kappa shape index (κ3) is 10.9. The summed E-state index contributed by atoms with van der Waals surface area (Å²) >= 11 is 11.0. The van der Waals surface area contributed by atoms with E-state index in [9.17, 15) is 14.4 Å². The first kappa shape index (κ1) is 25.0. The molecule has 29 heavy (non-hydrogen) atoms. The highest BCUT2D eigenvalue weighted by Gasteiger charge is 2.09. The van der Waals surface area contributed by atoms with Gasteiger partial charge in [0.05, 0.1) is 25.9 Å². The van der Waals surface area contributed by atoms with Gasteiger partial charge in [0.25, 0.3) is 0 Å². The lowest BCUT2D eigenvalue weighted by molar-refractivity contribution is -0.144. The number of amides is 1. The number of alkyl halides is 2. The van der Waals surface area contributed by atoms with Crippen LogP contribution in [0.4, 0.5) is 11.4 Å². The lowest BCUT2D eigenvalue weighted by atomic mass is 10.2. The average Bonchev–Trinajstić information content (AvgIpc) is 2.68. The maximum Gasteiger partial charge on any atom is 0.307 e. The molecule has 162 valence electrons. The molecule has 0 spiro atoms. The Bertz CT molecular complexity index is 658. The highest BCUT2D eigenvalue weighted by Crippen LogP contribution is 2.20. The summed E-state index contributed by atoms with van der Waals surface area (Å²) < 4.78 is 10.0. The molecule has 0 saturated heterocycles. The first-order valence-electron chi connectivity index (χ1n) is 9.58. The van der Waals surface area contributed by atoms with Crippen molar-refractivity contribution in [3.05, 3.63) is 24.3 Å². The molecule has 0 unspecified atom stereocenters. The van der Waals surface area contributed by atoms with E-state index in [4.69, 9.17) is 32.7 Å². The smallest absolute Gasteiger partial charge is 0.307 e. The van der Waals surface area contributed by atoms with Crippen molar-refractivity contribution in [3.63, 3.8) is 0 Å². The Morgan fingerprint density at radius 1 is 1.00 bits per heavy atom. The highest BCUT2D eigenvalue weighted by molar-refractivity contribution is 6.19. The van der Waals surface area contributed by atoms with Gasteiger partial charge in [0.1, 0.15) is 6.61 Å². The standard InChI is InChI=1S/C20H28Cl2N2O5/c1-2-24(12-4-13-28-19(26)7-10-21)17-6-3-5-16(15-17)23-18(25)9-14-29-20(27)8-11-22/h3,5-6,15H,2,4,7-14H2,1H3,(H,23,25). The number of hydrogen-bond donors (Lipinski definition) is 1. The van der Waals surface area contributed by atoms with E-state index in [1.54, 1.807) is 6.07 Å². The third-order valence-corrected chi connectivity index (χ3v) is 4.28. The van der Waals surface area contributed by atoms with Crippen molar-refractivity contribution in [1.29, 1.82) is 0 Å². The van der Waals surface area contributed by atoms with Crippen LogP contribution in [-0.4, -0.2) is 55.9 Å². The van der Waals surface area contributed by atoms with Crippen LogP contribution in [0, 0.1) is 0 Å². The maximum atomic E-state index is 12.0. The molecule has 0 saturated carbocycles. The van der Waals surface area contributed by atoms with Gasteiger partial charge >= 0.3 is 11.9 Å². The van der Waals surface area contributed by atoms with Crippen molar-refractivity contribution in [2.24, 2.45) is 0 Å². The molecule has 7 nitrogen and oxygen atoms in total. The van der Waals surface area contributed by atoms with Crippen molar-refractivity contribution in [2.45, 2.75) is 32.6 Å². The Morgan fingerprint density at radius 2 is 1.66 bits per heavy atom. The van der Waals surface area contributed by atoms with E-state index < -0.39 is 5.97 Å². The van der Waals surface area contributed by atoms with Crippen LogP contribution in [0.2, 0.25) is 0 Å². The van der Waals surface area contributed by atoms with Crippen molar-refractivity contribution < 1.29 is 23.9 Å². The Kier molecular flexibility index (Phi) is 12.9. The summed E-state index contributed by atoms with van der Waals surface area (Å²) in [6.07, 6.45) is 1.10. The SMILES string of the molecule is CCN(CCCOC(=O)CCCl)c1cccc(NC(=O)CCOC(=O)CCCl)c1. The summed E-state index contributed by atoms with van der Waals surface area (Å²) in [7, 11) is 0. The molecule has 0 fully saturated rings. The first-order chi connectivity index (χ1) is 14.0. The van der Waals surface area contributed by atoms with Crippen LogP contribution in [0.25, 0.3) is 0 Å². The number of hydrogen-bond acceptors (Lipinski definition) is 6. The summed E-state index contributed by atoms with van der Waals surface area (Å²) in [6.45, 7) is 3.86. The molecule has 1 aromatic carbocycles. The molecule has 1 N–H and O–H groups in total. The number of nitrogens with zero attached hydrogens (tertiary/aromatic N) is 1. The summed E-state index contributed by atoms with van der Waals surface area (Å²) in [5, 5.41) is 2.80. The molecular formula is C20H28Cl2N2O5. The lowest BCUT2D eigenvalue weighted by Gasteiger charge is -2.23. The highest BCUT2D eigenvalue weighted by atomic mass is 35.5. The van der Waals surface area contributed by atoms with Gasteiger partial charge < -0.3 is 19.7 Å². The molecule has 0 aliphatic heterocycles. The van der Waals surface area contributed by atoms with Gasteiger partial charge in [-0.3, -0.25) is 14.4 Å². The predicted molar refractivity (Wildman–Crippen MR) is 115 cm³/mol. The fourth-order valence-electron chi connectivity index (χ4n) is 2.47. The third-order valence-electron chi connectivity index (χ3n) is 3.90. The van der Waals surface area contributed by atoms with Crippen LogP contribution in [0.5, 0.6) is 0 Å². The van der Waals surface area contributed by atoms with E-state index in [-0.39, 0.29) is 49.5 Å². The van der Waals surface area contributed by atoms with E-state index in [2.05, 4.69) is 10.2 Å². The van der Waals surface area contributed by atoms with E-state index in [1.807, 2.05) is 25.1 Å². The molecule has 0 aliphatic carbocycles. The minimum absolute atomic E-state index is 0.0186. The lowest BCUT2D eigenvalue weighted by Crippen LogP contribution is -2.25. The van der Waals surface area contributed by atoms with E-state index in [1.165, 1.54) is 0 Å². The van der Waals surface area contributed by atoms with E-state index in [0.29, 0.717) is 25.3 Å². The fraction of sp³-hybridized carbons (Fsp3) is 0.550. The van der Waals surface area contributed by atoms with Crippen LogP contribution in [-0.2, 0) is 23.9 Å². The monoisotopic (exact) mass is 446 g/mol. The van der Waals surface area contributed by atoms with Crippen LogP contribution in [0.3, 0.4) is 0 Å². The van der Waals surface area contributed by atoms with Gasteiger partial charge in [-0.25, -0.2) is 0 Å². The molecule has 0 heterocycles. The Morgan fingerprint density at radius 3 is 2.28 bits per heavy atom. The second kappa shape index (κ2) is 14.9. The molecule has 9 heteroatoms. The number of halogens is 2. The molecule has 0 aromatic heterocycles. The Labute approximate surface area is 181 Å². The topological polar surface area (TPSA) is 84.9 Å². The van der Waals surface area contributed by atoms with Crippen molar-refractivity contribution in [1.82, 2.24) is 0 Å². The van der Waals surface area contributed by atoms with Crippen LogP contribution in [0.15, 0.2) is 24.3 Å². The molecule has 1 rings (SSSR count). The average molecular weight is 447 g/mol. The Balaban J connectivity index is 2.47. The van der Waals surface area contributed by atoms with Gasteiger partial charge in [-0.1, -0.05) is 6.07 Å². The van der Waals surface area contributed by atoms with E-state index in [0.717, 1.165) is 12.2 Å². The maximum absolute atomic E-state index is 12.0. The zero-order valence-electron chi connectivity index (χ0n) is 16.6. The number of benzene rings is 1. The molecule has 0 aliphatic rings. The van der Waals surface area contributed by atoms with Gasteiger partial charge in [-0.15, -0.1) is 23.2 Å². The molecule has 0 bridgehead atoms. The summed E-state index contributed by atoms with van der Waals surface area (Å²) in [4.78, 5) is 36.7. The number of carbonyl (C=O) groups excluding carboxylic acids is 3. The summed E-state index contributed by atoms with van der Waals surface area (Å²) in [6, 6.07) is 7.48. The normalized spacial score (nSPS) is 10.3. The fourth-order valence-corrected chi connectivity index (χ4v) is 2.78. The largest absolute Gasteiger partial charge is 0.466 e. The molecular weight excluding hydrogens is 419 g/mol. The van der Waals surface area contributed by atoms with Gasteiger partial charge in [0.15, 0.2) is 0 Å². The minimum atomic E-state index is -0.415. The quantitative estimate of drug-likeness (QED) is 0.267. The minimum Gasteiger partial charge on any atom is -0.466 e. The molecule has 0 radical (unpaired) electrons. The van der Waals surface area contributed by atoms with Gasteiger partial charge in [-0.05, 0) is 31.5 Å². The van der Waals surface area contributed by atoms with Crippen LogP contribution in [0.1, 0.15) is 32.6 Å². The van der Waals surface area contributed by atoms with Crippen LogP contribution < -0.4 is 10.2 Å². The number of rotatable bonds is 14. The second-order valence-corrected chi connectivity index (χ2v) is 6.86. The van der Waals surface area contributed by atoms with Gasteiger partial charge in [-0.2, -0.15) is 0 Å². The van der Waals surface area contributed by atoms with Crippen molar-refractivity contribution >= 4 is 52.4 Å². The molecule has 1 amide bonds. The summed E-state index contributed by atoms with van der Waals surface area (Å²) in [5.41, 5.74) is 1.61. The number of carbonyl (C=O) groups is 3. The number of ether oxygens (including phenoxy) is 2. The number of anilines is 2. The van der Waals surface area contributed by atoms with Gasteiger partial charge in [0, 0.05) is 36.2 Å². The number of nitrogens with one attached hydrogen (secondary N) is 1. The summed E-state index contributed by atoms with van der Waals surface area (Å²) in [5.74, 6) is -0.492. The zero-order chi connectivity index (χ0) is 21.5. The molecule has 0 atom stereocenters. The van der Waals surface area contributed by atoms with Gasteiger partial charge in [0.2, 0.25) is 5.91 Å². The Hall–Kier alpha value is -1.99. The van der Waals surface area contributed by atoms with Crippen molar-refractivity contribution in [2.75, 3.05) is 48.3 Å². The first-order valence-corrected chi connectivity index (χ1v) is 10.6.